The van der Waals surface area contributed by atoms with Crippen molar-refractivity contribution in [2.45, 2.75) is 64.0 Å². The number of nitrogens with zero attached hydrogens (tertiary/aromatic N) is 2. The summed E-state index contributed by atoms with van der Waals surface area (Å²) in [5.74, 6) is -0.218. The molecule has 2 aromatic heterocycles. The van der Waals surface area contributed by atoms with Crippen molar-refractivity contribution in [2.75, 3.05) is 13.7 Å². The minimum absolute atomic E-state index is 0.229. The molecule has 0 amide bonds. The van der Waals surface area contributed by atoms with Gasteiger partial charge in [0.1, 0.15) is 18.0 Å². The summed E-state index contributed by atoms with van der Waals surface area (Å²) in [4.78, 5) is 20.9. The van der Waals surface area contributed by atoms with Crippen molar-refractivity contribution in [3.63, 3.8) is 0 Å². The Morgan fingerprint density at radius 2 is 1.89 bits per heavy atom. The van der Waals surface area contributed by atoms with Gasteiger partial charge in [-0.3, -0.25) is 15.1 Å². The van der Waals surface area contributed by atoms with Crippen molar-refractivity contribution < 1.29 is 24.6 Å². The molecule has 1 aliphatic rings. The predicted octanol–water partition coefficient (Wildman–Crippen LogP) is 4.71. The number of aromatic nitrogens is 2. The van der Waals surface area contributed by atoms with Gasteiger partial charge < -0.3 is 19.5 Å². The molecule has 0 bridgehead atoms. The summed E-state index contributed by atoms with van der Waals surface area (Å²) in [6.45, 7) is 1.16. The number of hydrogen-bond donors (Lipinski definition) is 3. The zero-order chi connectivity index (χ0) is 25.3. The summed E-state index contributed by atoms with van der Waals surface area (Å²) in [5.41, 5.74) is 8.28. The fourth-order valence-electron chi connectivity index (χ4n) is 4.67. The van der Waals surface area contributed by atoms with Gasteiger partial charge in [-0.1, -0.05) is 18.6 Å². The zero-order valence-corrected chi connectivity index (χ0v) is 20.8. The van der Waals surface area contributed by atoms with Crippen LogP contribution in [0.3, 0.4) is 0 Å². The van der Waals surface area contributed by atoms with Crippen LogP contribution in [0, 0.1) is 0 Å². The molecule has 0 radical (unpaired) electrons. The molecule has 3 N–H and O–H groups in total. The van der Waals surface area contributed by atoms with E-state index in [0.29, 0.717) is 26.0 Å². The fourth-order valence-corrected chi connectivity index (χ4v) is 4.67. The van der Waals surface area contributed by atoms with Crippen molar-refractivity contribution in [1.29, 1.82) is 0 Å². The van der Waals surface area contributed by atoms with E-state index in [1.807, 2.05) is 36.5 Å². The number of allylic oxidation sites excluding steroid dienone is 1. The summed E-state index contributed by atoms with van der Waals surface area (Å²) in [7, 11) is 1.64. The Hall–Kier alpha value is -3.36. The number of carboxylic acids is 1. The molecular formula is C28H35N3O5. The predicted molar refractivity (Wildman–Crippen MR) is 138 cm³/mol. The highest BCUT2D eigenvalue weighted by molar-refractivity contribution is 5.79. The number of rotatable bonds is 12. The van der Waals surface area contributed by atoms with E-state index in [0.717, 1.165) is 46.6 Å². The first-order valence-corrected chi connectivity index (χ1v) is 12.6. The Labute approximate surface area is 211 Å². The summed E-state index contributed by atoms with van der Waals surface area (Å²) >= 11 is 0. The number of aliphatic hydroxyl groups is 1. The number of fused-ring (bicyclic) bond motifs is 1. The van der Waals surface area contributed by atoms with Crippen molar-refractivity contribution in [1.82, 2.24) is 15.0 Å². The van der Waals surface area contributed by atoms with Gasteiger partial charge in [0.05, 0.1) is 37.6 Å². The van der Waals surface area contributed by atoms with Gasteiger partial charge >= 0.3 is 5.97 Å². The average molecular weight is 494 g/mol. The van der Waals surface area contributed by atoms with Crippen molar-refractivity contribution in [2.24, 2.45) is 0 Å². The van der Waals surface area contributed by atoms with Crippen LogP contribution in [0.1, 0.15) is 56.2 Å². The lowest BCUT2D eigenvalue weighted by Crippen LogP contribution is -2.15. The van der Waals surface area contributed by atoms with E-state index >= 15 is 0 Å². The van der Waals surface area contributed by atoms with Crippen LogP contribution in [-0.4, -0.2) is 45.6 Å². The van der Waals surface area contributed by atoms with Gasteiger partial charge in [0.25, 0.3) is 0 Å². The maximum Gasteiger partial charge on any atom is 0.305 e. The third-order valence-corrected chi connectivity index (χ3v) is 6.58. The highest BCUT2D eigenvalue weighted by Gasteiger charge is 2.16. The molecule has 36 heavy (non-hydrogen) atoms. The summed E-state index contributed by atoms with van der Waals surface area (Å²) in [6.07, 6.45) is 7.84. The number of nitrogens with one attached hydrogen (secondary N) is 1. The zero-order valence-electron chi connectivity index (χ0n) is 20.8. The third kappa shape index (κ3) is 6.86. The molecular weight excluding hydrogens is 458 g/mol. The highest BCUT2D eigenvalue weighted by Crippen LogP contribution is 2.29. The number of ether oxygens (including phenoxy) is 1. The maximum atomic E-state index is 10.7. The van der Waals surface area contributed by atoms with Crippen LogP contribution >= 0.6 is 0 Å². The molecule has 1 unspecified atom stereocenters. The first-order valence-electron chi connectivity index (χ1n) is 12.6. The number of aryl methyl sites for hydroxylation is 1. The number of aliphatic hydroxyl groups excluding tert-OH is 1. The first kappa shape index (κ1) is 25.7. The quantitative estimate of drug-likeness (QED) is 0.314. The largest absolute Gasteiger partial charge is 0.492 e. The molecule has 0 aliphatic heterocycles. The minimum Gasteiger partial charge on any atom is -0.492 e. The number of hydroxylamine groups is 1. The molecule has 1 atom stereocenters. The second-order valence-electron chi connectivity index (χ2n) is 9.25. The lowest BCUT2D eigenvalue weighted by molar-refractivity contribution is -0.139. The molecule has 1 aliphatic carbocycles. The smallest absolute Gasteiger partial charge is 0.305 e. The van der Waals surface area contributed by atoms with Gasteiger partial charge in [0.2, 0.25) is 0 Å². The monoisotopic (exact) mass is 493 g/mol. The Morgan fingerprint density at radius 1 is 1.11 bits per heavy atom. The lowest BCUT2D eigenvalue weighted by atomic mass is 9.92. The minimum atomic E-state index is -0.985. The Bertz CT molecular complexity index is 1180. The van der Waals surface area contributed by atoms with E-state index in [2.05, 4.69) is 22.2 Å². The molecule has 192 valence electrons. The Kier molecular flexibility index (Phi) is 8.97. The second-order valence-corrected chi connectivity index (χ2v) is 9.25. The standard InChI is InChI=1S/C28H35N3O5/c1-35-30-27(21-5-3-2-4-6-21)25-14-10-22-15-16-31(28(22)29-25)17-18-36-24-12-8-20(9-13-24)7-11-23(32)19-26(33)34/h8-10,12-16,23,30,32H,2-7,11,17-19H2,1H3,(H,33,34). The third-order valence-electron chi connectivity index (χ3n) is 6.58. The van der Waals surface area contributed by atoms with Crippen molar-refractivity contribution in [3.8, 4) is 5.75 Å². The van der Waals surface area contributed by atoms with Gasteiger partial charge in [-0.25, -0.2) is 4.98 Å². The number of benzene rings is 1. The molecule has 1 saturated carbocycles. The van der Waals surface area contributed by atoms with Crippen LogP contribution < -0.4 is 10.2 Å². The van der Waals surface area contributed by atoms with Gasteiger partial charge in [-0.15, -0.1) is 0 Å². The van der Waals surface area contributed by atoms with Crippen molar-refractivity contribution in [3.05, 3.63) is 65.5 Å². The number of aliphatic carboxylic acids is 1. The summed E-state index contributed by atoms with van der Waals surface area (Å²) in [5, 5.41) is 19.6. The van der Waals surface area contributed by atoms with Crippen molar-refractivity contribution >= 4 is 22.7 Å². The van der Waals surface area contributed by atoms with Crippen LogP contribution in [-0.2, 0) is 22.6 Å². The SMILES string of the molecule is CONC(=C1CCCCC1)c1ccc2ccn(CCOc3ccc(CCC(O)CC(=O)O)cc3)c2n1. The Balaban J connectivity index is 1.37. The number of hydrogen-bond acceptors (Lipinski definition) is 6. The molecule has 4 rings (SSSR count). The fraction of sp³-hybridized carbons (Fsp3) is 0.429. The molecule has 0 saturated heterocycles. The van der Waals surface area contributed by atoms with E-state index in [9.17, 15) is 9.90 Å². The van der Waals surface area contributed by atoms with Crippen LogP contribution in [0.2, 0.25) is 0 Å². The number of carboxylic acid groups (broad SMARTS) is 1. The topological polar surface area (TPSA) is 106 Å². The number of carbonyl (C=O) groups is 1. The van der Waals surface area contributed by atoms with E-state index < -0.39 is 12.1 Å². The molecule has 8 nitrogen and oxygen atoms in total. The van der Waals surface area contributed by atoms with E-state index in [1.54, 1.807) is 7.11 Å². The summed E-state index contributed by atoms with van der Waals surface area (Å²) in [6, 6.07) is 13.9. The molecule has 3 aromatic rings. The first-order chi connectivity index (χ1) is 17.5. The van der Waals surface area contributed by atoms with Crippen LogP contribution in [0.5, 0.6) is 5.75 Å². The van der Waals surface area contributed by atoms with Gasteiger partial charge in [0, 0.05) is 11.6 Å². The van der Waals surface area contributed by atoms with Gasteiger partial charge in [-0.2, -0.15) is 0 Å². The molecule has 2 heterocycles. The highest BCUT2D eigenvalue weighted by atomic mass is 16.6. The van der Waals surface area contributed by atoms with Gasteiger partial charge in [-0.05, 0) is 80.0 Å². The van der Waals surface area contributed by atoms with Crippen LogP contribution in [0.15, 0.2) is 54.2 Å². The molecule has 0 spiro atoms. The normalized spacial score (nSPS) is 14.6. The molecule has 1 fully saturated rings. The number of pyridine rings is 1. The van der Waals surface area contributed by atoms with Gasteiger partial charge in [0.15, 0.2) is 0 Å². The van der Waals surface area contributed by atoms with Crippen LogP contribution in [0.25, 0.3) is 16.7 Å². The lowest BCUT2D eigenvalue weighted by Gasteiger charge is -2.19. The molecule has 1 aromatic carbocycles. The maximum absolute atomic E-state index is 10.7. The van der Waals surface area contributed by atoms with E-state index in [4.69, 9.17) is 19.7 Å². The molecule has 8 heteroatoms. The van der Waals surface area contributed by atoms with Crippen LogP contribution in [0.4, 0.5) is 0 Å². The van der Waals surface area contributed by atoms with E-state index in [1.165, 1.54) is 24.8 Å². The average Bonchev–Trinajstić information content (AvgIpc) is 3.29. The Morgan fingerprint density at radius 3 is 2.61 bits per heavy atom. The summed E-state index contributed by atoms with van der Waals surface area (Å²) < 4.78 is 8.06. The second kappa shape index (κ2) is 12.6. The van der Waals surface area contributed by atoms with E-state index in [-0.39, 0.29) is 6.42 Å².